The Morgan fingerprint density at radius 3 is 2.71 bits per heavy atom. The average Bonchev–Trinajstić information content (AvgIpc) is 3.29. The minimum Gasteiger partial charge on any atom is -0.392 e. The molecule has 0 bridgehead atoms. The van der Waals surface area contributed by atoms with E-state index in [1.165, 1.54) is 6.07 Å². The van der Waals surface area contributed by atoms with E-state index in [0.29, 0.717) is 11.6 Å². The molecule has 21 heavy (non-hydrogen) atoms. The lowest BCUT2D eigenvalue weighted by Gasteiger charge is -2.24. The highest BCUT2D eigenvalue weighted by molar-refractivity contribution is 7.89. The van der Waals surface area contributed by atoms with E-state index in [9.17, 15) is 12.8 Å². The van der Waals surface area contributed by atoms with Crippen LogP contribution < -0.4 is 4.72 Å². The first-order valence-corrected chi connectivity index (χ1v) is 8.44. The molecule has 1 fully saturated rings. The highest BCUT2D eigenvalue weighted by atomic mass is 32.2. The lowest BCUT2D eigenvalue weighted by atomic mass is 10.2. The van der Waals surface area contributed by atoms with Crippen molar-refractivity contribution >= 4 is 10.0 Å². The Bertz CT molecular complexity index is 602. The lowest BCUT2D eigenvalue weighted by molar-refractivity contribution is 0.248. The van der Waals surface area contributed by atoms with Crippen LogP contribution in [0.15, 0.2) is 23.1 Å². The maximum atomic E-state index is 13.7. The third kappa shape index (κ3) is 4.00. The third-order valence-electron chi connectivity index (χ3n) is 3.85. The Hall–Kier alpha value is -1.02. The van der Waals surface area contributed by atoms with E-state index >= 15 is 0 Å². The summed E-state index contributed by atoms with van der Waals surface area (Å²) in [6.45, 7) is 1.82. The number of nitrogens with one attached hydrogen (secondary N) is 1. The Kier molecular flexibility index (Phi) is 4.98. The van der Waals surface area contributed by atoms with Crippen molar-refractivity contribution in [2.75, 3.05) is 13.6 Å². The summed E-state index contributed by atoms with van der Waals surface area (Å²) in [5, 5.41) is 9.03. The topological polar surface area (TPSA) is 69.6 Å². The number of hydrogen-bond acceptors (Lipinski definition) is 4. The normalized spacial score (nSPS) is 17.2. The van der Waals surface area contributed by atoms with Crippen molar-refractivity contribution in [1.82, 2.24) is 9.62 Å². The maximum absolute atomic E-state index is 13.7. The molecule has 1 aromatic rings. The molecule has 0 saturated heterocycles. The SMILES string of the molecule is CC(CNS(=O)(=O)c1cc(CO)ccc1F)N(C)C1CC1. The Morgan fingerprint density at radius 1 is 1.48 bits per heavy atom. The van der Waals surface area contributed by atoms with E-state index in [1.54, 1.807) is 0 Å². The molecular formula is C14H21FN2O3S. The van der Waals surface area contributed by atoms with Gasteiger partial charge in [-0.15, -0.1) is 0 Å². The molecule has 1 aliphatic rings. The van der Waals surface area contributed by atoms with E-state index in [1.807, 2.05) is 14.0 Å². The Morgan fingerprint density at radius 2 is 2.14 bits per heavy atom. The molecule has 5 nitrogen and oxygen atoms in total. The summed E-state index contributed by atoms with van der Waals surface area (Å²) in [7, 11) is -1.96. The number of halogens is 1. The molecule has 0 amide bonds. The molecule has 2 N–H and O–H groups in total. The summed E-state index contributed by atoms with van der Waals surface area (Å²) in [6, 6.07) is 4.14. The Labute approximate surface area is 124 Å². The van der Waals surface area contributed by atoms with Crippen LogP contribution in [0.5, 0.6) is 0 Å². The van der Waals surface area contributed by atoms with Gasteiger partial charge in [-0.05, 0) is 44.5 Å². The lowest BCUT2D eigenvalue weighted by Crippen LogP contribution is -2.41. The fourth-order valence-electron chi connectivity index (χ4n) is 2.15. The minimum atomic E-state index is -3.92. The van der Waals surface area contributed by atoms with Gasteiger partial charge in [-0.2, -0.15) is 0 Å². The molecule has 1 aliphatic carbocycles. The summed E-state index contributed by atoms with van der Waals surface area (Å²) < 4.78 is 40.5. The van der Waals surface area contributed by atoms with Crippen LogP contribution in [0.3, 0.4) is 0 Å². The van der Waals surface area contributed by atoms with E-state index in [4.69, 9.17) is 5.11 Å². The van der Waals surface area contributed by atoms with Crippen molar-refractivity contribution in [1.29, 1.82) is 0 Å². The molecule has 0 heterocycles. The first-order valence-electron chi connectivity index (χ1n) is 6.96. The van der Waals surface area contributed by atoms with Crippen molar-refractivity contribution in [3.63, 3.8) is 0 Å². The van der Waals surface area contributed by atoms with Gasteiger partial charge >= 0.3 is 0 Å². The largest absolute Gasteiger partial charge is 0.392 e. The van der Waals surface area contributed by atoms with Crippen molar-refractivity contribution < 1.29 is 17.9 Å². The number of hydrogen-bond donors (Lipinski definition) is 2. The zero-order chi connectivity index (χ0) is 15.6. The molecule has 7 heteroatoms. The zero-order valence-electron chi connectivity index (χ0n) is 12.2. The quantitative estimate of drug-likeness (QED) is 0.790. The summed E-state index contributed by atoms with van der Waals surface area (Å²) >= 11 is 0. The molecule has 1 aromatic carbocycles. The summed E-state index contributed by atoms with van der Waals surface area (Å²) in [5.41, 5.74) is 0.361. The highest BCUT2D eigenvalue weighted by Crippen LogP contribution is 2.26. The second-order valence-electron chi connectivity index (χ2n) is 5.52. The summed E-state index contributed by atoms with van der Waals surface area (Å²) in [4.78, 5) is 1.71. The summed E-state index contributed by atoms with van der Waals surface area (Å²) in [6.07, 6.45) is 2.28. The fraction of sp³-hybridized carbons (Fsp3) is 0.571. The van der Waals surface area contributed by atoms with Gasteiger partial charge in [0.1, 0.15) is 10.7 Å². The van der Waals surface area contributed by atoms with Gasteiger partial charge < -0.3 is 5.11 Å². The molecule has 1 saturated carbocycles. The van der Waals surface area contributed by atoms with Gasteiger partial charge in [-0.25, -0.2) is 17.5 Å². The zero-order valence-corrected chi connectivity index (χ0v) is 13.0. The van der Waals surface area contributed by atoms with Gasteiger partial charge in [0.25, 0.3) is 0 Å². The molecular weight excluding hydrogens is 295 g/mol. The molecule has 118 valence electrons. The van der Waals surface area contributed by atoms with Crippen LogP contribution >= 0.6 is 0 Å². The second kappa shape index (κ2) is 6.39. The van der Waals surface area contributed by atoms with Crippen molar-refractivity contribution in [2.24, 2.45) is 0 Å². The second-order valence-corrected chi connectivity index (χ2v) is 7.26. The van der Waals surface area contributed by atoms with Crippen molar-refractivity contribution in [3.8, 4) is 0 Å². The van der Waals surface area contributed by atoms with E-state index in [2.05, 4.69) is 9.62 Å². The predicted octanol–water partition coefficient (Wildman–Crippen LogP) is 1.08. The molecule has 0 radical (unpaired) electrons. The molecule has 2 rings (SSSR count). The van der Waals surface area contributed by atoms with Gasteiger partial charge in [0, 0.05) is 18.6 Å². The van der Waals surface area contributed by atoms with Gasteiger partial charge in [0.2, 0.25) is 10.0 Å². The number of aliphatic hydroxyl groups is 1. The maximum Gasteiger partial charge on any atom is 0.243 e. The number of benzene rings is 1. The molecule has 0 aromatic heterocycles. The fourth-order valence-corrected chi connectivity index (χ4v) is 3.39. The molecule has 0 aliphatic heterocycles. The first-order chi connectivity index (χ1) is 9.85. The van der Waals surface area contributed by atoms with Crippen LogP contribution in [0, 0.1) is 5.82 Å². The highest BCUT2D eigenvalue weighted by Gasteiger charge is 2.30. The molecule has 1 atom stereocenters. The van der Waals surface area contributed by atoms with Crippen LogP contribution in [-0.2, 0) is 16.6 Å². The average molecular weight is 316 g/mol. The molecule has 1 unspecified atom stereocenters. The van der Waals surface area contributed by atoms with Crippen molar-refractivity contribution in [2.45, 2.75) is 43.4 Å². The number of sulfonamides is 1. The van der Waals surface area contributed by atoms with E-state index in [0.717, 1.165) is 25.0 Å². The van der Waals surface area contributed by atoms with Crippen LogP contribution in [0.2, 0.25) is 0 Å². The third-order valence-corrected chi connectivity index (χ3v) is 5.29. The standard InChI is InChI=1S/C14H21FN2O3S/c1-10(17(2)12-4-5-12)8-16-21(19,20)14-7-11(9-18)3-6-13(14)15/h3,6-7,10,12,16,18H,4-5,8-9H2,1-2H3. The number of aliphatic hydroxyl groups excluding tert-OH is 1. The number of likely N-dealkylation sites (N-methyl/N-ethyl adjacent to an activating group) is 1. The van der Waals surface area contributed by atoms with Gasteiger partial charge in [-0.1, -0.05) is 6.07 Å². The number of rotatable bonds is 7. The van der Waals surface area contributed by atoms with Crippen LogP contribution in [0.4, 0.5) is 4.39 Å². The van der Waals surface area contributed by atoms with Crippen LogP contribution in [0.25, 0.3) is 0 Å². The monoisotopic (exact) mass is 316 g/mol. The summed E-state index contributed by atoms with van der Waals surface area (Å²) in [5.74, 6) is -0.817. The number of nitrogens with zero attached hydrogens (tertiary/aromatic N) is 1. The van der Waals surface area contributed by atoms with Crippen LogP contribution in [0.1, 0.15) is 25.3 Å². The molecule has 0 spiro atoms. The van der Waals surface area contributed by atoms with E-state index < -0.39 is 20.7 Å². The van der Waals surface area contributed by atoms with Crippen LogP contribution in [-0.4, -0.2) is 44.1 Å². The minimum absolute atomic E-state index is 0.0383. The van der Waals surface area contributed by atoms with Gasteiger partial charge in [0.15, 0.2) is 0 Å². The van der Waals surface area contributed by atoms with Gasteiger partial charge in [0.05, 0.1) is 6.61 Å². The first kappa shape index (κ1) is 16.4. The Balaban J connectivity index is 2.07. The van der Waals surface area contributed by atoms with Crippen molar-refractivity contribution in [3.05, 3.63) is 29.6 Å². The predicted molar refractivity (Wildman–Crippen MR) is 77.8 cm³/mol. The smallest absolute Gasteiger partial charge is 0.243 e. The van der Waals surface area contributed by atoms with E-state index in [-0.39, 0.29) is 19.2 Å². The van der Waals surface area contributed by atoms with Gasteiger partial charge in [-0.3, -0.25) is 4.90 Å².